The number of hydrogen-bond donors (Lipinski definition) is 1. The first-order valence-electron chi connectivity index (χ1n) is 4.75. The fraction of sp³-hybridized carbons (Fsp3) is 0.667. The molecule has 1 saturated carbocycles. The van der Waals surface area contributed by atoms with E-state index in [1.54, 1.807) is 6.20 Å². The number of nitrogens with two attached hydrogens (primary N) is 1. The Morgan fingerprint density at radius 2 is 2.38 bits per heavy atom. The minimum absolute atomic E-state index is 0.185. The molecular weight excluding hydrogens is 169 g/mol. The van der Waals surface area contributed by atoms with Gasteiger partial charge in [-0.05, 0) is 32.2 Å². The van der Waals surface area contributed by atoms with Gasteiger partial charge in [-0.2, -0.15) is 9.49 Å². The van der Waals surface area contributed by atoms with E-state index in [4.69, 9.17) is 5.73 Å². The van der Waals surface area contributed by atoms with Crippen LogP contribution in [0.4, 0.5) is 4.39 Å². The molecule has 13 heavy (non-hydrogen) atoms. The minimum atomic E-state index is -0.185. The molecule has 2 N–H and O–H groups in total. The van der Waals surface area contributed by atoms with E-state index in [-0.39, 0.29) is 5.95 Å². The van der Waals surface area contributed by atoms with Gasteiger partial charge in [-0.3, -0.25) is 0 Å². The van der Waals surface area contributed by atoms with Gasteiger partial charge in [0.2, 0.25) is 5.95 Å². The summed E-state index contributed by atoms with van der Waals surface area (Å²) < 4.78 is 15.0. The molecule has 0 amide bonds. The van der Waals surface area contributed by atoms with Crippen LogP contribution < -0.4 is 5.73 Å². The zero-order chi connectivity index (χ0) is 9.26. The number of hydrogen-bond acceptors (Lipinski definition) is 2. The topological polar surface area (TPSA) is 43.8 Å². The Labute approximate surface area is 76.7 Å². The number of halogens is 1. The first kappa shape index (κ1) is 8.69. The van der Waals surface area contributed by atoms with Crippen molar-refractivity contribution >= 4 is 0 Å². The molecule has 0 unspecified atom stereocenters. The van der Waals surface area contributed by atoms with Crippen molar-refractivity contribution in [3.8, 4) is 0 Å². The summed E-state index contributed by atoms with van der Waals surface area (Å²) in [5.74, 6) is -0.185. The fourth-order valence-electron chi connectivity index (χ4n) is 1.59. The van der Waals surface area contributed by atoms with Crippen molar-refractivity contribution in [3.05, 3.63) is 17.7 Å². The number of nitrogens with zero attached hydrogens (tertiary/aromatic N) is 2. The molecule has 1 fully saturated rings. The van der Waals surface area contributed by atoms with Gasteiger partial charge in [0.1, 0.15) is 0 Å². The average molecular weight is 183 g/mol. The predicted octanol–water partition coefficient (Wildman–Crippen LogP) is 1.25. The van der Waals surface area contributed by atoms with Crippen LogP contribution in [0.15, 0.2) is 6.20 Å². The summed E-state index contributed by atoms with van der Waals surface area (Å²) in [7, 11) is 0. The van der Waals surface area contributed by atoms with Crippen LogP contribution in [0.2, 0.25) is 0 Å². The molecule has 0 atom stereocenters. The molecular formula is C9H14FN3. The maximum Gasteiger partial charge on any atom is 0.214 e. The first-order chi connectivity index (χ1) is 6.33. The highest BCUT2D eigenvalue weighted by atomic mass is 19.1. The van der Waals surface area contributed by atoms with E-state index in [9.17, 15) is 4.39 Å². The van der Waals surface area contributed by atoms with Crippen LogP contribution >= 0.6 is 0 Å². The summed E-state index contributed by atoms with van der Waals surface area (Å²) >= 11 is 0. The second-order valence-corrected chi connectivity index (χ2v) is 3.53. The Morgan fingerprint density at radius 3 is 2.92 bits per heavy atom. The highest BCUT2D eigenvalue weighted by Crippen LogP contribution is 2.32. The van der Waals surface area contributed by atoms with Gasteiger partial charge in [-0.25, -0.2) is 4.68 Å². The maximum absolute atomic E-state index is 13.5. The zero-order valence-corrected chi connectivity index (χ0v) is 7.54. The fourth-order valence-corrected chi connectivity index (χ4v) is 1.59. The van der Waals surface area contributed by atoms with Crippen molar-refractivity contribution in [3.63, 3.8) is 0 Å². The molecule has 1 heterocycles. The minimum Gasteiger partial charge on any atom is -0.330 e. The summed E-state index contributed by atoms with van der Waals surface area (Å²) in [6.45, 7) is 0.479. The molecule has 0 aromatic carbocycles. The Hall–Kier alpha value is -0.900. The average Bonchev–Trinajstić information content (AvgIpc) is 2.34. The van der Waals surface area contributed by atoms with E-state index in [1.807, 2.05) is 0 Å². The van der Waals surface area contributed by atoms with E-state index in [0.29, 0.717) is 24.6 Å². The summed E-state index contributed by atoms with van der Waals surface area (Å²) in [6.07, 6.45) is 5.48. The number of rotatable bonds is 3. The first-order valence-corrected chi connectivity index (χ1v) is 4.75. The molecule has 2 rings (SSSR count). The normalized spacial score (nSPS) is 17.4. The highest BCUT2D eigenvalue weighted by Gasteiger charge is 2.23. The van der Waals surface area contributed by atoms with Gasteiger partial charge in [0.05, 0.1) is 12.2 Å². The van der Waals surface area contributed by atoms with Gasteiger partial charge in [0, 0.05) is 5.56 Å². The van der Waals surface area contributed by atoms with Crippen LogP contribution in [0, 0.1) is 5.95 Å². The van der Waals surface area contributed by atoms with E-state index in [2.05, 4.69) is 5.10 Å². The quantitative estimate of drug-likeness (QED) is 0.766. The molecule has 72 valence electrons. The van der Waals surface area contributed by atoms with Gasteiger partial charge in [0.25, 0.3) is 0 Å². The molecule has 1 aliphatic rings. The van der Waals surface area contributed by atoms with Gasteiger partial charge >= 0.3 is 0 Å². The summed E-state index contributed by atoms with van der Waals surface area (Å²) in [5, 5.41) is 4.04. The summed E-state index contributed by atoms with van der Waals surface area (Å²) in [4.78, 5) is 0. The van der Waals surface area contributed by atoms with Crippen LogP contribution in [-0.2, 0) is 6.42 Å². The van der Waals surface area contributed by atoms with Crippen LogP contribution in [-0.4, -0.2) is 16.3 Å². The maximum atomic E-state index is 13.5. The number of aromatic nitrogens is 2. The van der Waals surface area contributed by atoms with Gasteiger partial charge in [-0.15, -0.1) is 0 Å². The summed E-state index contributed by atoms with van der Waals surface area (Å²) in [6, 6.07) is 0.298. The monoisotopic (exact) mass is 183 g/mol. The van der Waals surface area contributed by atoms with Crippen molar-refractivity contribution in [1.29, 1.82) is 0 Å². The zero-order valence-electron chi connectivity index (χ0n) is 7.54. The Morgan fingerprint density at radius 1 is 1.62 bits per heavy atom. The van der Waals surface area contributed by atoms with Gasteiger partial charge in [-0.1, -0.05) is 0 Å². The Kier molecular flexibility index (Phi) is 2.31. The van der Waals surface area contributed by atoms with E-state index >= 15 is 0 Å². The second kappa shape index (κ2) is 3.46. The largest absolute Gasteiger partial charge is 0.330 e. The van der Waals surface area contributed by atoms with Crippen molar-refractivity contribution in [2.75, 3.05) is 6.54 Å². The predicted molar refractivity (Wildman–Crippen MR) is 47.8 cm³/mol. The lowest BCUT2D eigenvalue weighted by Crippen LogP contribution is -2.20. The van der Waals surface area contributed by atoms with Crippen molar-refractivity contribution in [2.24, 2.45) is 5.73 Å². The third kappa shape index (κ3) is 1.46. The van der Waals surface area contributed by atoms with E-state index in [1.165, 1.54) is 11.1 Å². The van der Waals surface area contributed by atoms with Crippen molar-refractivity contribution in [2.45, 2.75) is 31.7 Å². The van der Waals surface area contributed by atoms with Crippen LogP contribution in [0.3, 0.4) is 0 Å². The van der Waals surface area contributed by atoms with Crippen LogP contribution in [0.25, 0.3) is 0 Å². The molecule has 0 bridgehead atoms. The molecule has 1 aromatic rings. The third-order valence-corrected chi connectivity index (χ3v) is 2.64. The molecule has 0 aliphatic heterocycles. The lowest BCUT2D eigenvalue weighted by molar-refractivity contribution is 0.255. The highest BCUT2D eigenvalue weighted by molar-refractivity contribution is 5.08. The Balaban J connectivity index is 2.17. The molecule has 1 aliphatic carbocycles. The van der Waals surface area contributed by atoms with Crippen molar-refractivity contribution < 1.29 is 4.39 Å². The molecule has 4 heteroatoms. The molecule has 3 nitrogen and oxygen atoms in total. The molecule has 1 aromatic heterocycles. The van der Waals surface area contributed by atoms with Gasteiger partial charge in [0.15, 0.2) is 0 Å². The van der Waals surface area contributed by atoms with Crippen LogP contribution in [0.1, 0.15) is 30.9 Å². The third-order valence-electron chi connectivity index (χ3n) is 2.64. The summed E-state index contributed by atoms with van der Waals surface area (Å²) in [5.41, 5.74) is 6.01. The van der Waals surface area contributed by atoms with E-state index < -0.39 is 0 Å². The Bertz CT molecular complexity index is 291. The molecule has 0 saturated heterocycles. The second-order valence-electron chi connectivity index (χ2n) is 3.53. The lowest BCUT2D eigenvalue weighted by atomic mass is 9.93. The van der Waals surface area contributed by atoms with Gasteiger partial charge < -0.3 is 5.73 Å². The van der Waals surface area contributed by atoms with Crippen molar-refractivity contribution in [1.82, 2.24) is 9.78 Å². The molecule has 0 radical (unpaired) electrons. The van der Waals surface area contributed by atoms with Crippen LogP contribution in [0.5, 0.6) is 0 Å². The SMILES string of the molecule is NCCc1cnn(C2CCC2)c1F. The standard InChI is InChI=1S/C9H14FN3/c10-9-7(4-5-11)6-12-13(9)8-2-1-3-8/h6,8H,1-5,11H2. The van der Waals surface area contributed by atoms with E-state index in [0.717, 1.165) is 12.8 Å². The lowest BCUT2D eigenvalue weighted by Gasteiger charge is -2.25. The smallest absolute Gasteiger partial charge is 0.214 e. The molecule has 0 spiro atoms.